The van der Waals surface area contributed by atoms with Gasteiger partial charge in [-0.15, -0.1) is 0 Å². The van der Waals surface area contributed by atoms with E-state index in [-0.39, 0.29) is 34.4 Å². The number of nitrogens with two attached hydrogens (primary N) is 1. The molecule has 0 aliphatic carbocycles. The molecule has 1 fully saturated rings. The molecule has 0 saturated carbocycles. The van der Waals surface area contributed by atoms with E-state index in [9.17, 15) is 20.1 Å². The lowest BCUT2D eigenvalue weighted by atomic mass is 9.91. The Labute approximate surface area is 208 Å². The number of fused-ring (bicyclic) bond motifs is 1. The summed E-state index contributed by atoms with van der Waals surface area (Å²) >= 11 is 5.91. The Morgan fingerprint density at radius 1 is 1.19 bits per heavy atom. The second-order valence-electron chi connectivity index (χ2n) is 8.23. The summed E-state index contributed by atoms with van der Waals surface area (Å²) in [5.74, 6) is -1.27. The largest absolute Gasteiger partial charge is 0.479 e. The standard InChI is InChI=1S/C22H21ClN6O7/c23-21-27-17(24)14-18(28-21)29(9-25-14)19-16(31)15(30)12(36-19)7-35-22(20(32)33,13-8-34-10-26-13)6-11-4-2-1-3-5-11/h1-5,8-10,12,15-16,19,30-31H,6-7H2,(H,32,33)(H2,24,27,28)/t12-,15-,16-,19-,22+/m1/s1. The fraction of sp³-hybridized carbons (Fsp3) is 0.318. The summed E-state index contributed by atoms with van der Waals surface area (Å²) in [7, 11) is 0. The van der Waals surface area contributed by atoms with Crippen LogP contribution in [0.4, 0.5) is 5.82 Å². The van der Waals surface area contributed by atoms with E-state index in [1.807, 2.05) is 0 Å². The smallest absolute Gasteiger partial charge is 0.342 e. The van der Waals surface area contributed by atoms with E-state index < -0.39 is 42.7 Å². The molecule has 1 aliphatic rings. The van der Waals surface area contributed by atoms with Crippen molar-refractivity contribution < 1.29 is 34.0 Å². The molecule has 0 spiro atoms. The van der Waals surface area contributed by atoms with Gasteiger partial charge in [0.25, 0.3) is 0 Å². The molecule has 5 rings (SSSR count). The fourth-order valence-corrected chi connectivity index (χ4v) is 4.35. The van der Waals surface area contributed by atoms with E-state index in [1.165, 1.54) is 17.2 Å². The van der Waals surface area contributed by atoms with Crippen molar-refractivity contribution in [1.82, 2.24) is 24.5 Å². The molecular formula is C22H21ClN6O7. The highest BCUT2D eigenvalue weighted by molar-refractivity contribution is 6.28. The predicted octanol–water partition coefficient (Wildman–Crippen LogP) is 0.908. The maximum absolute atomic E-state index is 12.5. The van der Waals surface area contributed by atoms with Crippen LogP contribution >= 0.6 is 11.6 Å². The number of carboxylic acids is 1. The number of hydrogen-bond donors (Lipinski definition) is 4. The van der Waals surface area contributed by atoms with Crippen LogP contribution in [0.1, 0.15) is 17.5 Å². The summed E-state index contributed by atoms with van der Waals surface area (Å²) in [6, 6.07) is 8.86. The molecule has 188 valence electrons. The average Bonchev–Trinajstić information content (AvgIpc) is 3.59. The molecule has 13 nitrogen and oxygen atoms in total. The van der Waals surface area contributed by atoms with Crippen molar-refractivity contribution in [3.63, 3.8) is 0 Å². The minimum Gasteiger partial charge on any atom is -0.479 e. The number of nitrogen functional groups attached to an aromatic ring is 1. The summed E-state index contributed by atoms with van der Waals surface area (Å²) in [5, 5.41) is 31.5. The lowest BCUT2D eigenvalue weighted by molar-refractivity contribution is -0.177. The summed E-state index contributed by atoms with van der Waals surface area (Å²) in [4.78, 5) is 28.6. The number of halogens is 1. The number of nitrogens with zero attached hydrogens (tertiary/aromatic N) is 5. The van der Waals surface area contributed by atoms with Crippen LogP contribution in [-0.2, 0) is 26.3 Å². The Kier molecular flexibility index (Phi) is 6.32. The van der Waals surface area contributed by atoms with Crippen molar-refractivity contribution in [3.05, 3.63) is 65.9 Å². The second kappa shape index (κ2) is 9.44. The zero-order valence-electron chi connectivity index (χ0n) is 18.5. The minimum atomic E-state index is -1.95. The van der Waals surface area contributed by atoms with E-state index >= 15 is 0 Å². The van der Waals surface area contributed by atoms with Gasteiger partial charge in [-0.1, -0.05) is 30.3 Å². The molecule has 5 N–H and O–H groups in total. The van der Waals surface area contributed by atoms with Gasteiger partial charge in [0.05, 0.1) is 12.9 Å². The van der Waals surface area contributed by atoms with Gasteiger partial charge in [-0.25, -0.2) is 14.8 Å². The number of carbonyl (C=O) groups is 1. The van der Waals surface area contributed by atoms with E-state index in [0.717, 1.165) is 6.39 Å². The molecule has 0 bridgehead atoms. The first-order valence-electron chi connectivity index (χ1n) is 10.8. The Balaban J connectivity index is 1.42. The van der Waals surface area contributed by atoms with Crippen LogP contribution in [0.2, 0.25) is 5.28 Å². The van der Waals surface area contributed by atoms with Crippen molar-refractivity contribution in [2.75, 3.05) is 12.3 Å². The Bertz CT molecular complexity index is 1370. The SMILES string of the molecule is Nc1nc(Cl)nc2c1ncn2[C@@H]1O[C@H](CO[C@](Cc2ccccc2)(C(=O)O)c2cocn2)[C@@H](O)[C@H]1O. The minimum absolute atomic E-state index is 0.0332. The van der Waals surface area contributed by atoms with Gasteiger partial charge in [0, 0.05) is 6.42 Å². The van der Waals surface area contributed by atoms with Crippen molar-refractivity contribution >= 4 is 34.6 Å². The summed E-state index contributed by atoms with van der Waals surface area (Å²) in [5.41, 5.74) is 5.03. The maximum atomic E-state index is 12.5. The number of aliphatic hydroxyl groups excluding tert-OH is 2. The third-order valence-electron chi connectivity index (χ3n) is 6.01. The van der Waals surface area contributed by atoms with E-state index in [4.69, 9.17) is 31.2 Å². The third kappa shape index (κ3) is 4.16. The first-order chi connectivity index (χ1) is 17.3. The molecular weight excluding hydrogens is 496 g/mol. The molecule has 1 aliphatic heterocycles. The summed E-state index contributed by atoms with van der Waals surface area (Å²) in [6.07, 6.45) is -1.57. The van der Waals surface area contributed by atoms with E-state index in [1.54, 1.807) is 30.3 Å². The Morgan fingerprint density at radius 3 is 2.67 bits per heavy atom. The number of imidazole rings is 1. The first kappa shape index (κ1) is 24.1. The number of rotatable bonds is 8. The monoisotopic (exact) mass is 516 g/mol. The molecule has 0 unspecified atom stereocenters. The van der Waals surface area contributed by atoms with Gasteiger partial charge >= 0.3 is 5.97 Å². The number of aliphatic hydroxyl groups is 2. The van der Waals surface area contributed by atoms with Crippen LogP contribution in [0, 0.1) is 0 Å². The zero-order valence-corrected chi connectivity index (χ0v) is 19.3. The van der Waals surface area contributed by atoms with Gasteiger partial charge in [0.2, 0.25) is 10.9 Å². The van der Waals surface area contributed by atoms with Crippen LogP contribution in [0.3, 0.4) is 0 Å². The number of carboxylic acid groups (broad SMARTS) is 1. The third-order valence-corrected chi connectivity index (χ3v) is 6.18. The van der Waals surface area contributed by atoms with Crippen LogP contribution in [0.15, 0.2) is 53.7 Å². The number of aliphatic carboxylic acids is 1. The Hall–Kier alpha value is -3.62. The van der Waals surface area contributed by atoms with Crippen LogP contribution in [0.25, 0.3) is 11.2 Å². The van der Waals surface area contributed by atoms with Crippen LogP contribution in [-0.4, -0.2) is 70.7 Å². The number of benzene rings is 1. The lowest BCUT2D eigenvalue weighted by Crippen LogP contribution is -2.44. The van der Waals surface area contributed by atoms with Crippen LogP contribution in [0.5, 0.6) is 0 Å². The van der Waals surface area contributed by atoms with Gasteiger partial charge in [-0.05, 0) is 17.2 Å². The van der Waals surface area contributed by atoms with Crippen molar-refractivity contribution in [2.45, 2.75) is 36.6 Å². The van der Waals surface area contributed by atoms with E-state index in [0.29, 0.717) is 5.56 Å². The molecule has 4 heterocycles. The summed E-state index contributed by atoms with van der Waals surface area (Å²) < 4.78 is 18.2. The highest BCUT2D eigenvalue weighted by atomic mass is 35.5. The van der Waals surface area contributed by atoms with Gasteiger partial charge in [-0.3, -0.25) is 4.57 Å². The summed E-state index contributed by atoms with van der Waals surface area (Å²) in [6.45, 7) is -0.398. The number of aromatic nitrogens is 5. The Morgan fingerprint density at radius 2 is 1.97 bits per heavy atom. The maximum Gasteiger partial charge on any atom is 0.342 e. The van der Waals surface area contributed by atoms with Gasteiger partial charge in [-0.2, -0.15) is 9.97 Å². The number of anilines is 1. The molecule has 1 aromatic carbocycles. The average molecular weight is 517 g/mol. The van der Waals surface area contributed by atoms with Gasteiger partial charge in [0.1, 0.15) is 35.8 Å². The molecule has 4 aromatic rings. The van der Waals surface area contributed by atoms with Crippen molar-refractivity contribution in [1.29, 1.82) is 0 Å². The van der Waals surface area contributed by atoms with Crippen LogP contribution < -0.4 is 5.73 Å². The highest BCUT2D eigenvalue weighted by Crippen LogP contribution is 2.35. The van der Waals surface area contributed by atoms with Gasteiger partial charge in [0.15, 0.2) is 24.1 Å². The molecule has 3 aromatic heterocycles. The number of oxazole rings is 1. The predicted molar refractivity (Wildman–Crippen MR) is 123 cm³/mol. The number of ether oxygens (including phenoxy) is 2. The molecule has 5 atom stereocenters. The topological polar surface area (TPSA) is 192 Å². The molecule has 0 radical (unpaired) electrons. The van der Waals surface area contributed by atoms with E-state index in [2.05, 4.69) is 19.9 Å². The zero-order chi connectivity index (χ0) is 25.4. The molecule has 14 heteroatoms. The number of hydrogen-bond acceptors (Lipinski definition) is 11. The van der Waals surface area contributed by atoms with Gasteiger partial charge < -0.3 is 34.9 Å². The quantitative estimate of drug-likeness (QED) is 0.242. The lowest BCUT2D eigenvalue weighted by Gasteiger charge is -2.29. The highest BCUT2D eigenvalue weighted by Gasteiger charge is 2.49. The van der Waals surface area contributed by atoms with Crippen molar-refractivity contribution in [3.8, 4) is 0 Å². The second-order valence-corrected chi connectivity index (χ2v) is 8.57. The normalized spacial score (nSPS) is 23.6. The molecule has 0 amide bonds. The van der Waals surface area contributed by atoms with Crippen molar-refractivity contribution in [2.24, 2.45) is 0 Å². The first-order valence-corrected chi connectivity index (χ1v) is 11.1. The molecule has 36 heavy (non-hydrogen) atoms. The fourth-order valence-electron chi connectivity index (χ4n) is 4.18. The molecule has 1 saturated heterocycles.